The van der Waals surface area contributed by atoms with Gasteiger partial charge in [-0.05, 0) is 41.5 Å². The molecule has 0 saturated carbocycles. The molecule has 1 fully saturated rings. The summed E-state index contributed by atoms with van der Waals surface area (Å²) >= 11 is 0. The second-order valence-electron chi connectivity index (χ2n) is 7.26. The van der Waals surface area contributed by atoms with E-state index >= 15 is 0 Å². The van der Waals surface area contributed by atoms with Gasteiger partial charge in [0.2, 0.25) is 0 Å². The van der Waals surface area contributed by atoms with Gasteiger partial charge >= 0.3 is 12.1 Å². The van der Waals surface area contributed by atoms with Crippen molar-refractivity contribution in [3.63, 3.8) is 0 Å². The first-order valence-corrected chi connectivity index (χ1v) is 7.07. The maximum atomic E-state index is 11.8. The van der Waals surface area contributed by atoms with Crippen molar-refractivity contribution in [2.75, 3.05) is 20.1 Å². The molecular formula is C14H27N3O4. The number of nitrogens with one attached hydrogen (secondary N) is 1. The highest BCUT2D eigenvalue weighted by Gasteiger charge is 2.35. The summed E-state index contributed by atoms with van der Waals surface area (Å²) in [5.41, 5.74) is 1.62. The molecule has 1 rings (SSSR count). The van der Waals surface area contributed by atoms with Crippen LogP contribution in [-0.2, 0) is 9.57 Å². The predicted octanol–water partition coefficient (Wildman–Crippen LogP) is 1.98. The Labute approximate surface area is 126 Å². The Morgan fingerprint density at radius 1 is 1.14 bits per heavy atom. The van der Waals surface area contributed by atoms with Gasteiger partial charge in [0.15, 0.2) is 0 Å². The largest absolute Gasteiger partial charge is 0.444 e. The minimum atomic E-state index is -0.507. The van der Waals surface area contributed by atoms with Gasteiger partial charge in [0, 0.05) is 12.6 Å². The fourth-order valence-corrected chi connectivity index (χ4v) is 1.50. The highest BCUT2D eigenvalue weighted by Crippen LogP contribution is 2.17. The van der Waals surface area contributed by atoms with Crippen molar-refractivity contribution >= 4 is 12.1 Å². The summed E-state index contributed by atoms with van der Waals surface area (Å²) in [7, 11) is 1.70. The number of ether oxygens (including phenoxy) is 1. The third kappa shape index (κ3) is 5.41. The van der Waals surface area contributed by atoms with Crippen molar-refractivity contribution in [3.05, 3.63) is 0 Å². The van der Waals surface area contributed by atoms with Crippen LogP contribution < -0.4 is 5.48 Å². The molecule has 0 spiro atoms. The summed E-state index contributed by atoms with van der Waals surface area (Å²) in [6, 6.07) is -0.307. The van der Waals surface area contributed by atoms with Gasteiger partial charge in [-0.15, -0.1) is 0 Å². The lowest BCUT2D eigenvalue weighted by atomic mass is 10.1. The van der Waals surface area contributed by atoms with Crippen LogP contribution in [0.15, 0.2) is 0 Å². The van der Waals surface area contributed by atoms with Gasteiger partial charge in [-0.1, -0.05) is 0 Å². The Bertz CT molecular complexity index is 392. The molecule has 122 valence electrons. The molecule has 3 amide bonds. The number of urea groups is 1. The molecule has 1 aliphatic heterocycles. The van der Waals surface area contributed by atoms with Gasteiger partial charge in [0.25, 0.3) is 0 Å². The second-order valence-corrected chi connectivity index (χ2v) is 7.26. The average molecular weight is 301 g/mol. The molecule has 1 saturated heterocycles. The standard InChI is InChI=1S/C14H27N3O4/c1-13(2,3)16(7)11(18)15-21-10-8-17(9-10)12(19)20-14(4,5)6/h10H,8-9H2,1-7H3,(H,15,18). The molecule has 0 bridgehead atoms. The minimum Gasteiger partial charge on any atom is -0.444 e. The van der Waals surface area contributed by atoms with Gasteiger partial charge in [-0.3, -0.25) is 4.84 Å². The fraction of sp³-hybridized carbons (Fsp3) is 0.857. The topological polar surface area (TPSA) is 71.1 Å². The quantitative estimate of drug-likeness (QED) is 0.792. The molecule has 0 aromatic carbocycles. The first-order valence-electron chi connectivity index (χ1n) is 7.07. The van der Waals surface area contributed by atoms with Crippen molar-refractivity contribution in [2.24, 2.45) is 0 Å². The summed E-state index contributed by atoms with van der Waals surface area (Å²) in [6.45, 7) is 12.1. The Kier molecular flexibility index (Phi) is 5.09. The number of amides is 3. The summed E-state index contributed by atoms with van der Waals surface area (Å²) in [6.07, 6.45) is -0.560. The molecule has 0 unspecified atom stereocenters. The number of carbonyl (C=O) groups is 2. The smallest absolute Gasteiger partial charge is 0.410 e. The molecule has 1 aliphatic rings. The molecule has 0 atom stereocenters. The number of hydroxylamine groups is 1. The maximum absolute atomic E-state index is 11.8. The Hall–Kier alpha value is -1.50. The zero-order chi connectivity index (χ0) is 16.4. The lowest BCUT2D eigenvalue weighted by Crippen LogP contribution is -2.58. The summed E-state index contributed by atoms with van der Waals surface area (Å²) in [4.78, 5) is 31.9. The number of carbonyl (C=O) groups excluding carboxylic acids is 2. The average Bonchev–Trinajstić information content (AvgIpc) is 2.21. The van der Waals surface area contributed by atoms with Gasteiger partial charge in [-0.2, -0.15) is 0 Å². The number of hydrogen-bond acceptors (Lipinski definition) is 4. The molecule has 7 heteroatoms. The molecule has 1 heterocycles. The highest BCUT2D eigenvalue weighted by atomic mass is 16.7. The molecule has 0 aliphatic carbocycles. The number of likely N-dealkylation sites (tertiary alicyclic amines) is 1. The van der Waals surface area contributed by atoms with E-state index in [0.29, 0.717) is 13.1 Å². The number of nitrogens with zero attached hydrogens (tertiary/aromatic N) is 2. The van der Waals surface area contributed by atoms with Crippen LogP contribution in [0.3, 0.4) is 0 Å². The van der Waals surface area contributed by atoms with E-state index in [2.05, 4.69) is 5.48 Å². The molecule has 21 heavy (non-hydrogen) atoms. The Balaban J connectivity index is 2.27. The lowest BCUT2D eigenvalue weighted by Gasteiger charge is -2.39. The summed E-state index contributed by atoms with van der Waals surface area (Å²) in [5.74, 6) is 0. The lowest BCUT2D eigenvalue weighted by molar-refractivity contribution is -0.0928. The van der Waals surface area contributed by atoms with Crippen molar-refractivity contribution in [3.8, 4) is 0 Å². The summed E-state index contributed by atoms with van der Waals surface area (Å²) < 4.78 is 5.23. The normalized spacial score (nSPS) is 16.2. The van der Waals surface area contributed by atoms with Crippen LogP contribution in [0.2, 0.25) is 0 Å². The number of hydrogen-bond donors (Lipinski definition) is 1. The molecule has 0 aromatic rings. The maximum Gasteiger partial charge on any atom is 0.410 e. The Morgan fingerprint density at radius 2 is 1.67 bits per heavy atom. The monoisotopic (exact) mass is 301 g/mol. The van der Waals surface area contributed by atoms with Crippen molar-refractivity contribution in [2.45, 2.75) is 58.8 Å². The fourth-order valence-electron chi connectivity index (χ4n) is 1.50. The molecule has 7 nitrogen and oxygen atoms in total. The van der Waals surface area contributed by atoms with E-state index in [-0.39, 0.29) is 23.8 Å². The summed E-state index contributed by atoms with van der Waals surface area (Å²) in [5, 5.41) is 0. The van der Waals surface area contributed by atoms with E-state index in [0.717, 1.165) is 0 Å². The van der Waals surface area contributed by atoms with Crippen molar-refractivity contribution < 1.29 is 19.2 Å². The van der Waals surface area contributed by atoms with Crippen LogP contribution >= 0.6 is 0 Å². The van der Waals surface area contributed by atoms with E-state index in [4.69, 9.17) is 9.57 Å². The van der Waals surface area contributed by atoms with Gasteiger partial charge in [0.05, 0.1) is 13.1 Å². The van der Waals surface area contributed by atoms with Crippen LogP contribution in [0, 0.1) is 0 Å². The van der Waals surface area contributed by atoms with Crippen LogP contribution in [0.5, 0.6) is 0 Å². The number of rotatable bonds is 2. The zero-order valence-corrected chi connectivity index (χ0v) is 14.0. The second kappa shape index (κ2) is 6.09. The van der Waals surface area contributed by atoms with E-state index in [1.807, 2.05) is 41.5 Å². The van der Waals surface area contributed by atoms with Crippen LogP contribution in [-0.4, -0.2) is 59.3 Å². The minimum absolute atomic E-state index is 0.199. The van der Waals surface area contributed by atoms with Gasteiger partial charge in [-0.25, -0.2) is 15.1 Å². The third-order valence-electron chi connectivity index (χ3n) is 3.12. The highest BCUT2D eigenvalue weighted by molar-refractivity contribution is 5.73. The third-order valence-corrected chi connectivity index (χ3v) is 3.12. The molecule has 1 N–H and O–H groups in total. The first-order chi connectivity index (χ1) is 9.40. The van der Waals surface area contributed by atoms with Gasteiger partial charge < -0.3 is 14.5 Å². The van der Waals surface area contributed by atoms with Crippen molar-refractivity contribution in [1.29, 1.82) is 0 Å². The van der Waals surface area contributed by atoms with Crippen LogP contribution in [0.25, 0.3) is 0 Å². The van der Waals surface area contributed by atoms with Crippen molar-refractivity contribution in [1.82, 2.24) is 15.3 Å². The SMILES string of the molecule is CN(C(=O)NOC1CN(C(=O)OC(C)(C)C)C1)C(C)(C)C. The molecular weight excluding hydrogens is 274 g/mol. The molecule has 0 aromatic heterocycles. The first kappa shape index (κ1) is 17.6. The molecule has 0 radical (unpaired) electrons. The van der Waals surface area contributed by atoms with Crippen LogP contribution in [0.4, 0.5) is 9.59 Å². The Morgan fingerprint density at radius 3 is 2.10 bits per heavy atom. The van der Waals surface area contributed by atoms with Gasteiger partial charge in [0.1, 0.15) is 11.7 Å². The van der Waals surface area contributed by atoms with E-state index in [1.165, 1.54) is 4.90 Å². The predicted molar refractivity (Wildman–Crippen MR) is 78.7 cm³/mol. The van der Waals surface area contributed by atoms with E-state index < -0.39 is 5.60 Å². The van der Waals surface area contributed by atoms with E-state index in [1.54, 1.807) is 11.9 Å². The van der Waals surface area contributed by atoms with E-state index in [9.17, 15) is 9.59 Å². The zero-order valence-electron chi connectivity index (χ0n) is 14.0. The van der Waals surface area contributed by atoms with Crippen LogP contribution in [0.1, 0.15) is 41.5 Å².